The summed E-state index contributed by atoms with van der Waals surface area (Å²) in [6.07, 6.45) is 2.51. The molecule has 4 heteroatoms. The number of benzene rings is 1. The lowest BCUT2D eigenvalue weighted by Crippen LogP contribution is -2.33. The minimum absolute atomic E-state index is 0.513. The van der Waals surface area contributed by atoms with E-state index in [-0.39, 0.29) is 0 Å². The quantitative estimate of drug-likeness (QED) is 0.647. The Kier molecular flexibility index (Phi) is 5.62. The average molecular weight is 288 g/mol. The minimum atomic E-state index is 0.513. The summed E-state index contributed by atoms with van der Waals surface area (Å²) < 4.78 is 0. The first-order valence-electron chi connectivity index (χ1n) is 8.01. The van der Waals surface area contributed by atoms with Gasteiger partial charge in [-0.15, -0.1) is 0 Å². The summed E-state index contributed by atoms with van der Waals surface area (Å²) in [5.74, 6) is 1.03. The second-order valence-corrected chi connectivity index (χ2v) is 6.06. The Balaban J connectivity index is 1.92. The molecule has 1 unspecified atom stereocenters. The first-order chi connectivity index (χ1) is 10.1. The normalized spacial score (nSPS) is 20.2. The molecular formula is C17H28N4. The number of likely N-dealkylation sites (tertiary alicyclic amines) is 1. The lowest BCUT2D eigenvalue weighted by Gasteiger charge is -2.21. The lowest BCUT2D eigenvalue weighted by atomic mass is 10.0. The van der Waals surface area contributed by atoms with Crippen molar-refractivity contribution in [3.63, 3.8) is 0 Å². The van der Waals surface area contributed by atoms with Crippen LogP contribution in [0, 0.1) is 0 Å². The molecule has 116 valence electrons. The average Bonchev–Trinajstić information content (AvgIpc) is 2.93. The van der Waals surface area contributed by atoms with Crippen molar-refractivity contribution < 1.29 is 0 Å². The van der Waals surface area contributed by atoms with Gasteiger partial charge in [-0.05, 0) is 49.5 Å². The third kappa shape index (κ3) is 4.46. The third-order valence-electron chi connectivity index (χ3n) is 4.20. The topological polar surface area (TPSA) is 53.6 Å². The smallest absolute Gasteiger partial charge is 0.193 e. The summed E-state index contributed by atoms with van der Waals surface area (Å²) in [6.45, 7) is 9.67. The summed E-state index contributed by atoms with van der Waals surface area (Å²) in [4.78, 5) is 7.00. The van der Waals surface area contributed by atoms with Gasteiger partial charge in [-0.1, -0.05) is 32.9 Å². The van der Waals surface area contributed by atoms with E-state index in [4.69, 9.17) is 5.73 Å². The number of aliphatic imine (C=N–C) groups is 1. The Morgan fingerprint density at radius 3 is 3.00 bits per heavy atom. The van der Waals surface area contributed by atoms with Gasteiger partial charge in [0, 0.05) is 11.7 Å². The Bertz CT molecular complexity index is 481. The van der Waals surface area contributed by atoms with Crippen molar-refractivity contribution in [1.29, 1.82) is 0 Å². The van der Waals surface area contributed by atoms with E-state index in [1.54, 1.807) is 0 Å². The second kappa shape index (κ2) is 7.46. The fourth-order valence-electron chi connectivity index (χ4n) is 2.88. The van der Waals surface area contributed by atoms with Gasteiger partial charge in [0.05, 0.1) is 6.54 Å². The van der Waals surface area contributed by atoms with Crippen LogP contribution in [0.3, 0.4) is 0 Å². The molecule has 3 N–H and O–H groups in total. The first kappa shape index (κ1) is 15.8. The number of hydrogen-bond donors (Lipinski definition) is 2. The van der Waals surface area contributed by atoms with Crippen molar-refractivity contribution in [3.8, 4) is 0 Å². The Labute approximate surface area is 128 Å². The van der Waals surface area contributed by atoms with Crippen molar-refractivity contribution in [2.75, 3.05) is 25.0 Å². The maximum Gasteiger partial charge on any atom is 0.193 e. The fourth-order valence-corrected chi connectivity index (χ4v) is 2.88. The van der Waals surface area contributed by atoms with Gasteiger partial charge in [-0.25, -0.2) is 0 Å². The van der Waals surface area contributed by atoms with Crippen molar-refractivity contribution >= 4 is 11.6 Å². The Morgan fingerprint density at radius 1 is 1.48 bits per heavy atom. The van der Waals surface area contributed by atoms with Crippen LogP contribution in [0.1, 0.15) is 45.1 Å². The van der Waals surface area contributed by atoms with E-state index in [9.17, 15) is 0 Å². The van der Waals surface area contributed by atoms with Crippen molar-refractivity contribution in [2.45, 2.75) is 45.6 Å². The molecule has 21 heavy (non-hydrogen) atoms. The van der Waals surface area contributed by atoms with E-state index in [0.717, 1.165) is 18.8 Å². The van der Waals surface area contributed by atoms with E-state index in [0.29, 0.717) is 17.9 Å². The van der Waals surface area contributed by atoms with Gasteiger partial charge in [-0.2, -0.15) is 0 Å². The molecule has 0 bridgehead atoms. The minimum Gasteiger partial charge on any atom is -0.370 e. The van der Waals surface area contributed by atoms with Gasteiger partial charge < -0.3 is 11.1 Å². The Morgan fingerprint density at radius 2 is 2.29 bits per heavy atom. The molecule has 1 aromatic rings. The highest BCUT2D eigenvalue weighted by molar-refractivity contribution is 5.92. The molecule has 1 saturated heterocycles. The van der Waals surface area contributed by atoms with Crippen LogP contribution in [-0.4, -0.2) is 36.5 Å². The van der Waals surface area contributed by atoms with Gasteiger partial charge in [-0.3, -0.25) is 9.89 Å². The van der Waals surface area contributed by atoms with Crippen LogP contribution < -0.4 is 11.1 Å². The number of nitrogens with two attached hydrogens (primary N) is 1. The number of hydrogen-bond acceptors (Lipinski definition) is 2. The molecule has 0 aromatic heterocycles. The van der Waals surface area contributed by atoms with Crippen LogP contribution in [0.2, 0.25) is 0 Å². The number of nitrogens with one attached hydrogen (secondary N) is 1. The van der Waals surface area contributed by atoms with Crippen LogP contribution in [0.25, 0.3) is 0 Å². The predicted octanol–water partition coefficient (Wildman–Crippen LogP) is 3.02. The third-order valence-corrected chi connectivity index (χ3v) is 4.20. The van der Waals surface area contributed by atoms with Crippen molar-refractivity contribution in [1.82, 2.24) is 4.90 Å². The molecule has 0 spiro atoms. The van der Waals surface area contributed by atoms with Gasteiger partial charge in [0.1, 0.15) is 0 Å². The van der Waals surface area contributed by atoms with E-state index < -0.39 is 0 Å². The molecule has 1 aromatic carbocycles. The number of nitrogens with zero attached hydrogens (tertiary/aromatic N) is 2. The van der Waals surface area contributed by atoms with Crippen LogP contribution in [0.4, 0.5) is 5.69 Å². The summed E-state index contributed by atoms with van der Waals surface area (Å²) in [5, 5.41) is 3.20. The maximum atomic E-state index is 6.02. The predicted molar refractivity (Wildman–Crippen MR) is 90.9 cm³/mol. The molecular weight excluding hydrogens is 260 g/mol. The van der Waals surface area contributed by atoms with Crippen LogP contribution in [-0.2, 0) is 0 Å². The molecule has 1 aliphatic heterocycles. The van der Waals surface area contributed by atoms with Crippen LogP contribution >= 0.6 is 0 Å². The van der Waals surface area contributed by atoms with Crippen LogP contribution in [0.15, 0.2) is 29.3 Å². The molecule has 1 fully saturated rings. The Hall–Kier alpha value is -1.55. The number of rotatable bonds is 5. The van der Waals surface area contributed by atoms with E-state index in [2.05, 4.69) is 54.2 Å². The van der Waals surface area contributed by atoms with Gasteiger partial charge in [0.15, 0.2) is 5.96 Å². The maximum absolute atomic E-state index is 6.02. The standard InChI is InChI=1S/C17H28N4/c1-4-21-10-6-9-16(21)12-19-17(18)20-15-8-5-7-14(11-15)13(2)3/h5,7-8,11,13,16H,4,6,9-10,12H2,1-3H3,(H3,18,19,20). The molecule has 0 aliphatic carbocycles. The fraction of sp³-hybridized carbons (Fsp3) is 0.588. The number of likely N-dealkylation sites (N-methyl/N-ethyl adjacent to an activating group) is 1. The first-order valence-corrected chi connectivity index (χ1v) is 8.01. The molecule has 1 aliphatic rings. The highest BCUT2D eigenvalue weighted by Crippen LogP contribution is 2.19. The monoisotopic (exact) mass is 288 g/mol. The number of anilines is 1. The molecule has 4 nitrogen and oxygen atoms in total. The molecule has 1 heterocycles. The van der Waals surface area contributed by atoms with Crippen LogP contribution in [0.5, 0.6) is 0 Å². The van der Waals surface area contributed by atoms with Crippen molar-refractivity contribution in [3.05, 3.63) is 29.8 Å². The van der Waals surface area contributed by atoms with Gasteiger partial charge in [0.2, 0.25) is 0 Å². The zero-order valence-corrected chi connectivity index (χ0v) is 13.5. The van der Waals surface area contributed by atoms with Gasteiger partial charge >= 0.3 is 0 Å². The largest absolute Gasteiger partial charge is 0.370 e. The highest BCUT2D eigenvalue weighted by atomic mass is 15.2. The van der Waals surface area contributed by atoms with E-state index >= 15 is 0 Å². The number of guanidine groups is 1. The van der Waals surface area contributed by atoms with Crippen molar-refractivity contribution in [2.24, 2.45) is 10.7 Å². The molecule has 1 atom stereocenters. The van der Waals surface area contributed by atoms with Gasteiger partial charge in [0.25, 0.3) is 0 Å². The summed E-state index contributed by atoms with van der Waals surface area (Å²) in [7, 11) is 0. The molecule has 0 saturated carbocycles. The zero-order chi connectivity index (χ0) is 15.2. The highest BCUT2D eigenvalue weighted by Gasteiger charge is 2.22. The second-order valence-electron chi connectivity index (χ2n) is 6.06. The van der Waals surface area contributed by atoms with E-state index in [1.807, 2.05) is 6.07 Å². The molecule has 2 rings (SSSR count). The molecule has 0 amide bonds. The molecule has 0 radical (unpaired) electrons. The zero-order valence-electron chi connectivity index (χ0n) is 13.5. The SMILES string of the molecule is CCN1CCCC1CN=C(N)Nc1cccc(C(C)C)c1. The summed E-state index contributed by atoms with van der Waals surface area (Å²) in [5.41, 5.74) is 8.34. The summed E-state index contributed by atoms with van der Waals surface area (Å²) in [6, 6.07) is 8.92. The van der Waals surface area contributed by atoms with E-state index in [1.165, 1.54) is 24.9 Å². The summed E-state index contributed by atoms with van der Waals surface area (Å²) >= 11 is 0. The lowest BCUT2D eigenvalue weighted by molar-refractivity contribution is 0.273.